The summed E-state index contributed by atoms with van der Waals surface area (Å²) in [5, 5.41) is 9.11. The molecule has 0 aromatic carbocycles. The molecule has 0 radical (unpaired) electrons. The van der Waals surface area contributed by atoms with Gasteiger partial charge in [-0.3, -0.25) is 0 Å². The van der Waals surface area contributed by atoms with Crippen molar-refractivity contribution in [3.63, 3.8) is 0 Å². The van der Waals surface area contributed by atoms with Gasteiger partial charge in [0.25, 0.3) is 0 Å². The average molecular weight is 128 g/mol. The summed E-state index contributed by atoms with van der Waals surface area (Å²) in [6.45, 7) is 2.43. The summed E-state index contributed by atoms with van der Waals surface area (Å²) in [6, 6.07) is 0. The zero-order chi connectivity index (χ0) is 5.15. The Hall–Kier alpha value is 0.776. The molecule has 0 saturated heterocycles. The first-order chi connectivity index (χ1) is 2.64. The van der Waals surface area contributed by atoms with E-state index in [1.54, 1.807) is 0 Å². The third-order valence-corrected chi connectivity index (χ3v) is 0.221. The van der Waals surface area contributed by atoms with E-state index >= 15 is 0 Å². The monoisotopic (exact) mass is 128 g/mol. The first-order valence-electron chi connectivity index (χ1n) is 1.20. The maximum Gasteiger partial charge on any atom is 1.00 e. The minimum absolute atomic E-state index is 0. The van der Waals surface area contributed by atoms with Crippen LogP contribution in [0.3, 0.4) is 0 Å². The Bertz CT molecular complexity index is 78.9. The Balaban J connectivity index is 0. The van der Waals surface area contributed by atoms with E-state index in [4.69, 9.17) is 9.90 Å². The van der Waals surface area contributed by atoms with Crippen molar-refractivity contribution in [2.45, 2.75) is 0 Å². The van der Waals surface area contributed by atoms with E-state index in [2.05, 4.69) is 6.58 Å². The smallest absolute Gasteiger partial charge is 0.542 e. The molecule has 7 heavy (non-hydrogen) atoms. The van der Waals surface area contributed by atoms with Crippen LogP contribution in [-0.4, -0.2) is 5.97 Å². The fraction of sp³-hybridized carbons (Fsp3) is 0. The van der Waals surface area contributed by atoms with Crippen LogP contribution in [0.25, 0.3) is 0 Å². The van der Waals surface area contributed by atoms with Crippen LogP contribution in [0.5, 0.6) is 0 Å². The van der Waals surface area contributed by atoms with Gasteiger partial charge in [0.2, 0.25) is 0 Å². The SMILES string of the molecule is C=C(F)C(=O)[O-].[K+]. The van der Waals surface area contributed by atoms with Crippen molar-refractivity contribution >= 4 is 5.97 Å². The van der Waals surface area contributed by atoms with Crippen LogP contribution >= 0.6 is 0 Å². The molecule has 34 valence electrons. The fourth-order valence-electron chi connectivity index (χ4n) is 0. The average Bonchev–Trinajstić information content (AvgIpc) is 1.36. The third-order valence-electron chi connectivity index (χ3n) is 0.221. The largest absolute Gasteiger partial charge is 1.00 e. The maximum atomic E-state index is 11.0. The zero-order valence-corrected chi connectivity index (χ0v) is 7.02. The van der Waals surface area contributed by atoms with Gasteiger partial charge in [-0.15, -0.1) is 0 Å². The number of halogens is 1. The van der Waals surface area contributed by atoms with Crippen LogP contribution in [0.15, 0.2) is 12.4 Å². The Kier molecular flexibility index (Phi) is 7.53. The van der Waals surface area contributed by atoms with Crippen molar-refractivity contribution in [1.29, 1.82) is 0 Å². The van der Waals surface area contributed by atoms with Crippen LogP contribution < -0.4 is 56.5 Å². The Labute approximate surface area is 82.8 Å². The predicted octanol–water partition coefficient (Wildman–Crippen LogP) is -3.78. The van der Waals surface area contributed by atoms with Gasteiger partial charge in [0.05, 0.1) is 5.97 Å². The second-order valence-electron chi connectivity index (χ2n) is 0.692. The van der Waals surface area contributed by atoms with Gasteiger partial charge in [-0.05, 0) is 0 Å². The second-order valence-corrected chi connectivity index (χ2v) is 0.692. The molecule has 0 amide bonds. The molecule has 4 heteroatoms. The van der Waals surface area contributed by atoms with Crippen molar-refractivity contribution in [3.05, 3.63) is 12.4 Å². The zero-order valence-electron chi connectivity index (χ0n) is 3.90. The van der Waals surface area contributed by atoms with Crippen molar-refractivity contribution in [1.82, 2.24) is 0 Å². The summed E-state index contributed by atoms with van der Waals surface area (Å²) in [5.41, 5.74) is 0. The number of carbonyl (C=O) groups is 1. The van der Waals surface area contributed by atoms with E-state index in [1.165, 1.54) is 0 Å². The summed E-state index contributed by atoms with van der Waals surface area (Å²) in [4.78, 5) is 9.11. The molecule has 0 aliphatic rings. The first kappa shape index (κ1) is 10.7. The normalized spacial score (nSPS) is 6.43. The minimum Gasteiger partial charge on any atom is -0.542 e. The van der Waals surface area contributed by atoms with Crippen molar-refractivity contribution in [2.75, 3.05) is 0 Å². The third kappa shape index (κ3) is 6.78. The quantitative estimate of drug-likeness (QED) is 0.268. The number of carboxylic acids is 1. The van der Waals surface area contributed by atoms with E-state index in [1.807, 2.05) is 0 Å². The van der Waals surface area contributed by atoms with Crippen LogP contribution in [-0.2, 0) is 4.79 Å². The van der Waals surface area contributed by atoms with E-state index in [-0.39, 0.29) is 51.4 Å². The van der Waals surface area contributed by atoms with Gasteiger partial charge in [0.15, 0.2) is 0 Å². The van der Waals surface area contributed by atoms with Gasteiger partial charge in [-0.1, -0.05) is 6.58 Å². The van der Waals surface area contributed by atoms with Crippen molar-refractivity contribution < 1.29 is 65.7 Å². The van der Waals surface area contributed by atoms with Crippen LogP contribution in [0.2, 0.25) is 0 Å². The summed E-state index contributed by atoms with van der Waals surface area (Å²) < 4.78 is 11.0. The first-order valence-corrected chi connectivity index (χ1v) is 1.20. The van der Waals surface area contributed by atoms with Crippen molar-refractivity contribution in [2.24, 2.45) is 0 Å². The van der Waals surface area contributed by atoms with Crippen LogP contribution in [0, 0.1) is 0 Å². The van der Waals surface area contributed by atoms with E-state index in [0.717, 1.165) is 0 Å². The Morgan fingerprint density at radius 3 is 1.86 bits per heavy atom. The van der Waals surface area contributed by atoms with Gasteiger partial charge < -0.3 is 9.90 Å². The van der Waals surface area contributed by atoms with Gasteiger partial charge in [0.1, 0.15) is 5.83 Å². The Morgan fingerprint density at radius 2 is 1.86 bits per heavy atom. The molecule has 0 aliphatic carbocycles. The molecule has 0 spiro atoms. The molecule has 0 aliphatic heterocycles. The van der Waals surface area contributed by atoms with E-state index in [0.29, 0.717) is 0 Å². The molecule has 0 N–H and O–H groups in total. The van der Waals surface area contributed by atoms with E-state index < -0.39 is 11.8 Å². The molecule has 0 saturated carbocycles. The number of rotatable bonds is 1. The molecule has 0 fully saturated rings. The summed E-state index contributed by atoms with van der Waals surface area (Å²) in [5.74, 6) is -3.29. The predicted molar refractivity (Wildman–Crippen MR) is 15.3 cm³/mol. The summed E-state index contributed by atoms with van der Waals surface area (Å²) in [7, 11) is 0. The molecule has 0 heterocycles. The molecular formula is C3H2FKO2. The minimum atomic E-state index is -1.85. The number of carboxylic acid groups (broad SMARTS) is 1. The number of hydrogen-bond donors (Lipinski definition) is 0. The number of carbonyl (C=O) groups excluding carboxylic acids is 1. The van der Waals surface area contributed by atoms with Gasteiger partial charge in [-0.2, -0.15) is 0 Å². The molecule has 0 unspecified atom stereocenters. The van der Waals surface area contributed by atoms with Crippen molar-refractivity contribution in [3.8, 4) is 0 Å². The number of aliphatic carboxylic acids is 1. The molecule has 0 atom stereocenters. The van der Waals surface area contributed by atoms with Gasteiger partial charge in [0, 0.05) is 0 Å². The van der Waals surface area contributed by atoms with Gasteiger partial charge >= 0.3 is 51.4 Å². The molecule has 0 aromatic rings. The summed E-state index contributed by atoms with van der Waals surface area (Å²) >= 11 is 0. The Morgan fingerprint density at radius 1 is 1.71 bits per heavy atom. The molecule has 0 aromatic heterocycles. The van der Waals surface area contributed by atoms with Gasteiger partial charge in [-0.25, -0.2) is 4.39 Å². The second kappa shape index (κ2) is 4.92. The van der Waals surface area contributed by atoms with E-state index in [9.17, 15) is 4.39 Å². The molecule has 0 rings (SSSR count). The fourth-order valence-corrected chi connectivity index (χ4v) is 0. The number of hydrogen-bond acceptors (Lipinski definition) is 2. The summed E-state index contributed by atoms with van der Waals surface area (Å²) in [6.07, 6.45) is 0. The molecule has 2 nitrogen and oxygen atoms in total. The molecule has 0 bridgehead atoms. The van der Waals surface area contributed by atoms with Crippen LogP contribution in [0.1, 0.15) is 0 Å². The van der Waals surface area contributed by atoms with Crippen LogP contribution in [0.4, 0.5) is 4.39 Å². The molecular weight excluding hydrogens is 126 g/mol. The maximum absolute atomic E-state index is 11.0. The standard InChI is InChI=1S/C3H3FO2.K/c1-2(4)3(5)6;/h1H2,(H,5,6);/q;+1/p-1. The topological polar surface area (TPSA) is 40.1 Å².